The minimum atomic E-state index is 0.606. The lowest BCUT2D eigenvalue weighted by atomic mass is 10.0. The molecule has 0 spiro atoms. The van der Waals surface area contributed by atoms with Gasteiger partial charge >= 0.3 is 0 Å². The highest BCUT2D eigenvalue weighted by molar-refractivity contribution is 6.10. The first-order valence-electron chi connectivity index (χ1n) is 8.90. The third-order valence-corrected chi connectivity index (χ3v) is 5.44. The van der Waals surface area contributed by atoms with Gasteiger partial charge in [-0.3, -0.25) is 0 Å². The molecule has 0 aliphatic heterocycles. The van der Waals surface area contributed by atoms with Crippen LogP contribution in [0.25, 0.3) is 44.4 Å². The summed E-state index contributed by atoms with van der Waals surface area (Å²) in [5.41, 5.74) is 6.81. The molecule has 0 fully saturated rings. The van der Waals surface area contributed by atoms with E-state index in [0.29, 0.717) is 5.56 Å². The van der Waals surface area contributed by atoms with Crippen LogP contribution in [0, 0.1) is 18.3 Å². The molecule has 0 N–H and O–H groups in total. The lowest BCUT2D eigenvalue weighted by Gasteiger charge is -2.04. The number of aryl methyl sites for hydroxylation is 3. The summed E-state index contributed by atoms with van der Waals surface area (Å²) in [7, 11) is 4.18. The fraction of sp³-hybridized carbons (Fsp3) is 0.130. The van der Waals surface area contributed by atoms with Crippen LogP contribution in [0.2, 0.25) is 0 Å². The van der Waals surface area contributed by atoms with E-state index in [1.807, 2.05) is 18.2 Å². The predicted molar refractivity (Wildman–Crippen MR) is 106 cm³/mol. The molecule has 5 aromatic rings. The van der Waals surface area contributed by atoms with Crippen LogP contribution in [0.4, 0.5) is 0 Å². The number of aromatic nitrogens is 2. The lowest BCUT2D eigenvalue weighted by molar-refractivity contribution is -0.634. The zero-order valence-electron chi connectivity index (χ0n) is 15.4. The van der Waals surface area contributed by atoms with Gasteiger partial charge in [-0.2, -0.15) is 5.26 Å². The number of fused-ring (bicyclic) bond motifs is 4. The Kier molecular flexibility index (Phi) is 3.16. The van der Waals surface area contributed by atoms with Gasteiger partial charge in [0.1, 0.15) is 11.1 Å². The Morgan fingerprint density at radius 2 is 1.81 bits per heavy atom. The molecule has 2 heterocycles. The zero-order chi connectivity index (χ0) is 18.7. The Bertz CT molecular complexity index is 1370. The van der Waals surface area contributed by atoms with Crippen molar-refractivity contribution in [3.63, 3.8) is 0 Å². The number of hydrogen-bond acceptors (Lipinski definition) is 2. The van der Waals surface area contributed by atoms with Gasteiger partial charge in [-0.1, -0.05) is 24.3 Å². The summed E-state index contributed by atoms with van der Waals surface area (Å²) in [5.74, 6) is 1.10. The standard InChI is InChI=1S/C23H18N3O/c1-14-8-10-17-16-11-9-15(13-24)12-20(16)27-22(17)21(14)23-25(2)18-6-4-5-7-19(18)26(23)3/h4-12H,1-3H3/q+1. The van der Waals surface area contributed by atoms with Gasteiger partial charge in [0.25, 0.3) is 5.82 Å². The molecule has 0 amide bonds. The summed E-state index contributed by atoms with van der Waals surface area (Å²) in [6.45, 7) is 2.11. The van der Waals surface area contributed by atoms with Crippen molar-refractivity contribution >= 4 is 33.0 Å². The van der Waals surface area contributed by atoms with Gasteiger partial charge in [-0.15, -0.1) is 0 Å². The number of nitriles is 1. The van der Waals surface area contributed by atoms with Crippen molar-refractivity contribution in [2.45, 2.75) is 6.92 Å². The molecule has 0 atom stereocenters. The monoisotopic (exact) mass is 352 g/mol. The van der Waals surface area contributed by atoms with E-state index in [9.17, 15) is 5.26 Å². The maximum absolute atomic E-state index is 9.20. The maximum atomic E-state index is 9.20. The summed E-state index contributed by atoms with van der Waals surface area (Å²) in [5, 5.41) is 11.3. The number of para-hydroxylation sites is 2. The Morgan fingerprint density at radius 3 is 2.59 bits per heavy atom. The molecule has 4 nitrogen and oxygen atoms in total. The summed E-state index contributed by atoms with van der Waals surface area (Å²) in [6.07, 6.45) is 0. The molecule has 0 bridgehead atoms. The van der Waals surface area contributed by atoms with Crippen LogP contribution in [0.15, 0.2) is 59.0 Å². The Morgan fingerprint density at radius 1 is 1.04 bits per heavy atom. The highest BCUT2D eigenvalue weighted by Gasteiger charge is 2.27. The average molecular weight is 352 g/mol. The topological polar surface area (TPSA) is 45.7 Å². The maximum Gasteiger partial charge on any atom is 0.293 e. The van der Waals surface area contributed by atoms with E-state index in [4.69, 9.17) is 4.42 Å². The molecule has 0 aliphatic carbocycles. The number of hydrogen-bond donors (Lipinski definition) is 0. The molecule has 5 rings (SSSR count). The Labute approximate surface area is 156 Å². The average Bonchev–Trinajstić information content (AvgIpc) is 3.17. The molecule has 4 heteroatoms. The van der Waals surface area contributed by atoms with Gasteiger partial charge in [-0.05, 0) is 42.8 Å². The zero-order valence-corrected chi connectivity index (χ0v) is 15.4. The summed E-state index contributed by atoms with van der Waals surface area (Å²) in [4.78, 5) is 0. The van der Waals surface area contributed by atoms with Crippen LogP contribution in [0.3, 0.4) is 0 Å². The number of rotatable bonds is 1. The molecule has 2 aromatic heterocycles. The third kappa shape index (κ3) is 2.06. The molecule has 130 valence electrons. The molecule has 0 saturated heterocycles. The largest absolute Gasteiger partial charge is 0.455 e. The number of benzene rings is 3. The molecule has 0 unspecified atom stereocenters. The molecular weight excluding hydrogens is 334 g/mol. The van der Waals surface area contributed by atoms with Gasteiger partial charge < -0.3 is 4.42 Å². The van der Waals surface area contributed by atoms with Crippen LogP contribution in [0.1, 0.15) is 11.1 Å². The van der Waals surface area contributed by atoms with Crippen molar-refractivity contribution in [2.24, 2.45) is 14.1 Å². The second-order valence-electron chi connectivity index (χ2n) is 6.99. The van der Waals surface area contributed by atoms with Crippen LogP contribution >= 0.6 is 0 Å². The van der Waals surface area contributed by atoms with Crippen molar-refractivity contribution in [1.82, 2.24) is 4.57 Å². The van der Waals surface area contributed by atoms with Gasteiger partial charge in [0.15, 0.2) is 16.6 Å². The van der Waals surface area contributed by atoms with Crippen LogP contribution in [0.5, 0.6) is 0 Å². The molecular formula is C23H18N3O+. The normalized spacial score (nSPS) is 11.5. The summed E-state index contributed by atoms with van der Waals surface area (Å²) in [6, 6.07) is 20.4. The second kappa shape index (κ2) is 5.46. The molecule has 0 radical (unpaired) electrons. The van der Waals surface area contributed by atoms with Gasteiger partial charge in [0.05, 0.1) is 25.7 Å². The smallest absolute Gasteiger partial charge is 0.293 e. The number of nitrogens with zero attached hydrogens (tertiary/aromatic N) is 3. The van der Waals surface area contributed by atoms with E-state index in [1.165, 1.54) is 11.0 Å². The van der Waals surface area contributed by atoms with E-state index < -0.39 is 0 Å². The van der Waals surface area contributed by atoms with Crippen molar-refractivity contribution in [1.29, 1.82) is 5.26 Å². The van der Waals surface area contributed by atoms with Gasteiger partial charge in [0, 0.05) is 10.8 Å². The quantitative estimate of drug-likeness (QED) is 0.409. The molecule has 27 heavy (non-hydrogen) atoms. The van der Waals surface area contributed by atoms with Crippen molar-refractivity contribution in [2.75, 3.05) is 0 Å². The highest BCUT2D eigenvalue weighted by atomic mass is 16.3. The van der Waals surface area contributed by atoms with Crippen LogP contribution in [-0.4, -0.2) is 4.57 Å². The summed E-state index contributed by atoms with van der Waals surface area (Å²) >= 11 is 0. The summed E-state index contributed by atoms with van der Waals surface area (Å²) < 4.78 is 10.7. The van der Waals surface area contributed by atoms with E-state index in [2.05, 4.69) is 72.6 Å². The molecule has 0 aliphatic rings. The second-order valence-corrected chi connectivity index (χ2v) is 6.99. The van der Waals surface area contributed by atoms with E-state index in [0.717, 1.165) is 38.9 Å². The first-order valence-corrected chi connectivity index (χ1v) is 8.90. The minimum absolute atomic E-state index is 0.606. The number of imidazole rings is 1. The van der Waals surface area contributed by atoms with E-state index in [1.54, 1.807) is 0 Å². The first-order chi connectivity index (χ1) is 13.1. The van der Waals surface area contributed by atoms with E-state index >= 15 is 0 Å². The molecule has 0 saturated carbocycles. The molecule has 3 aromatic carbocycles. The van der Waals surface area contributed by atoms with Crippen LogP contribution in [-0.2, 0) is 14.1 Å². The van der Waals surface area contributed by atoms with Gasteiger partial charge in [0.2, 0.25) is 0 Å². The number of furan rings is 1. The SMILES string of the molecule is Cc1ccc2c(oc3cc(C#N)ccc32)c1-c1n(C)c2ccccc2[n+]1C. The highest BCUT2D eigenvalue weighted by Crippen LogP contribution is 2.37. The first kappa shape index (κ1) is 15.7. The van der Waals surface area contributed by atoms with Crippen LogP contribution < -0.4 is 4.57 Å². The predicted octanol–water partition coefficient (Wildman–Crippen LogP) is 4.75. The van der Waals surface area contributed by atoms with Crippen molar-refractivity contribution in [3.8, 4) is 17.5 Å². The fourth-order valence-corrected chi connectivity index (χ4v) is 4.11. The third-order valence-electron chi connectivity index (χ3n) is 5.44. The Hall–Kier alpha value is -3.58. The van der Waals surface area contributed by atoms with E-state index in [-0.39, 0.29) is 0 Å². The van der Waals surface area contributed by atoms with Crippen molar-refractivity contribution < 1.29 is 8.98 Å². The van der Waals surface area contributed by atoms with Gasteiger partial charge in [-0.25, -0.2) is 9.13 Å². The Balaban J connectivity index is 1.94. The lowest BCUT2D eigenvalue weighted by Crippen LogP contribution is -2.30. The van der Waals surface area contributed by atoms with Crippen molar-refractivity contribution in [3.05, 3.63) is 65.7 Å². The fourth-order valence-electron chi connectivity index (χ4n) is 4.11. The minimum Gasteiger partial charge on any atom is -0.455 e.